The molecule has 2 aliphatic heterocycles. The van der Waals surface area contributed by atoms with Gasteiger partial charge in [0.15, 0.2) is 6.10 Å². The van der Waals surface area contributed by atoms with Crippen molar-refractivity contribution >= 4 is 27.5 Å². The average molecular weight is 407 g/mol. The molecule has 142 valence electrons. The number of hydrogen-bond acceptors (Lipinski definition) is 4. The van der Waals surface area contributed by atoms with Gasteiger partial charge in [0.1, 0.15) is 5.75 Å². The summed E-state index contributed by atoms with van der Waals surface area (Å²) in [5, 5.41) is 0.488. The van der Waals surface area contributed by atoms with Crippen molar-refractivity contribution in [2.45, 2.75) is 17.4 Å². The third-order valence-electron chi connectivity index (χ3n) is 4.92. The summed E-state index contributed by atoms with van der Waals surface area (Å²) in [4.78, 5) is 14.6. The number of hydrogen-bond donors (Lipinski definition) is 0. The minimum absolute atomic E-state index is 0.0882. The molecule has 1 amide bonds. The van der Waals surface area contributed by atoms with Crippen LogP contribution in [-0.4, -0.2) is 55.8 Å². The largest absolute Gasteiger partial charge is 0.480 e. The fourth-order valence-corrected chi connectivity index (χ4v) is 4.98. The van der Waals surface area contributed by atoms with E-state index < -0.39 is 16.1 Å². The number of para-hydroxylation sites is 1. The van der Waals surface area contributed by atoms with Gasteiger partial charge in [-0.25, -0.2) is 8.42 Å². The molecule has 6 nitrogen and oxygen atoms in total. The Bertz CT molecular complexity index is 929. The van der Waals surface area contributed by atoms with Crippen LogP contribution >= 0.6 is 11.6 Å². The van der Waals surface area contributed by atoms with Crippen LogP contribution in [0.15, 0.2) is 53.4 Å². The summed E-state index contributed by atoms with van der Waals surface area (Å²) < 4.78 is 32.6. The minimum Gasteiger partial charge on any atom is -0.480 e. The fourth-order valence-electron chi connectivity index (χ4n) is 3.43. The molecule has 2 aliphatic rings. The van der Waals surface area contributed by atoms with Crippen LogP contribution in [0.2, 0.25) is 5.02 Å². The zero-order chi connectivity index (χ0) is 19.0. The molecule has 0 spiro atoms. The number of nitrogens with zero attached hydrogens (tertiary/aromatic N) is 2. The molecule has 8 heteroatoms. The molecule has 0 N–H and O–H groups in total. The SMILES string of the molecule is O=C([C@H]1Cc2ccccc2O1)N1CCN(S(=O)(=O)c2ccc(Cl)cc2)CC1. The molecular formula is C19H19ClN2O4S. The van der Waals surface area contributed by atoms with Crippen molar-refractivity contribution in [2.75, 3.05) is 26.2 Å². The molecule has 2 aromatic carbocycles. The predicted octanol–water partition coefficient (Wildman–Crippen LogP) is 2.18. The van der Waals surface area contributed by atoms with E-state index in [1.807, 2.05) is 24.3 Å². The van der Waals surface area contributed by atoms with E-state index in [-0.39, 0.29) is 23.9 Å². The van der Waals surface area contributed by atoms with Crippen molar-refractivity contribution in [3.63, 3.8) is 0 Å². The highest BCUT2D eigenvalue weighted by Gasteiger charge is 2.35. The van der Waals surface area contributed by atoms with E-state index in [2.05, 4.69) is 0 Å². The maximum atomic E-state index is 12.8. The highest BCUT2D eigenvalue weighted by molar-refractivity contribution is 7.89. The Hall–Kier alpha value is -2.09. The van der Waals surface area contributed by atoms with Crippen LogP contribution in [-0.2, 0) is 21.2 Å². The Morgan fingerprint density at radius 2 is 1.67 bits per heavy atom. The summed E-state index contributed by atoms with van der Waals surface area (Å²) in [5.74, 6) is 0.662. The molecule has 0 unspecified atom stereocenters. The Labute approximate surface area is 163 Å². The van der Waals surface area contributed by atoms with Crippen molar-refractivity contribution < 1.29 is 17.9 Å². The first-order valence-electron chi connectivity index (χ1n) is 8.74. The summed E-state index contributed by atoms with van der Waals surface area (Å²) in [5.41, 5.74) is 1.03. The van der Waals surface area contributed by atoms with Gasteiger partial charge in [0.05, 0.1) is 4.90 Å². The standard InChI is InChI=1S/C19H19ClN2O4S/c20-15-5-7-16(8-6-15)27(24,25)22-11-9-21(10-12-22)19(23)18-13-14-3-1-2-4-17(14)26-18/h1-8,18H,9-13H2/t18-/m1/s1. The van der Waals surface area contributed by atoms with Gasteiger partial charge < -0.3 is 9.64 Å². The fraction of sp³-hybridized carbons (Fsp3) is 0.316. The number of ether oxygens (including phenoxy) is 1. The molecule has 0 saturated carbocycles. The number of halogens is 1. The lowest BCUT2D eigenvalue weighted by Crippen LogP contribution is -2.53. The second kappa shape index (κ2) is 7.14. The van der Waals surface area contributed by atoms with Crippen molar-refractivity contribution in [3.8, 4) is 5.75 Å². The van der Waals surface area contributed by atoms with Gasteiger partial charge in [-0.3, -0.25) is 4.79 Å². The molecule has 0 radical (unpaired) electrons. The number of sulfonamides is 1. The van der Waals surface area contributed by atoms with E-state index in [4.69, 9.17) is 16.3 Å². The van der Waals surface area contributed by atoms with E-state index >= 15 is 0 Å². The quantitative estimate of drug-likeness (QED) is 0.783. The van der Waals surface area contributed by atoms with Gasteiger partial charge >= 0.3 is 0 Å². The van der Waals surface area contributed by atoms with E-state index in [1.165, 1.54) is 16.4 Å². The number of carbonyl (C=O) groups is 1. The lowest BCUT2D eigenvalue weighted by atomic mass is 10.1. The molecular weight excluding hydrogens is 388 g/mol. The minimum atomic E-state index is -3.59. The summed E-state index contributed by atoms with van der Waals surface area (Å²) in [6.45, 7) is 1.22. The lowest BCUT2D eigenvalue weighted by Gasteiger charge is -2.35. The monoisotopic (exact) mass is 406 g/mol. The highest BCUT2D eigenvalue weighted by Crippen LogP contribution is 2.29. The highest BCUT2D eigenvalue weighted by atomic mass is 35.5. The molecule has 1 atom stereocenters. The van der Waals surface area contributed by atoms with Crippen LogP contribution in [0.25, 0.3) is 0 Å². The maximum Gasteiger partial charge on any atom is 0.264 e. The summed E-state index contributed by atoms with van der Waals surface area (Å²) in [7, 11) is -3.59. The Morgan fingerprint density at radius 1 is 1.00 bits per heavy atom. The number of rotatable bonds is 3. The molecule has 1 saturated heterocycles. The van der Waals surface area contributed by atoms with Gasteiger partial charge in [-0.2, -0.15) is 4.31 Å². The normalized spacial score (nSPS) is 20.2. The molecule has 1 fully saturated rings. The van der Waals surface area contributed by atoms with Crippen molar-refractivity contribution in [3.05, 3.63) is 59.1 Å². The van der Waals surface area contributed by atoms with Gasteiger partial charge in [0.2, 0.25) is 10.0 Å². The van der Waals surface area contributed by atoms with Crippen molar-refractivity contribution in [1.82, 2.24) is 9.21 Å². The maximum absolute atomic E-state index is 12.8. The van der Waals surface area contributed by atoms with E-state index in [0.717, 1.165) is 11.3 Å². The Morgan fingerprint density at radius 3 is 2.33 bits per heavy atom. The number of fused-ring (bicyclic) bond motifs is 1. The molecule has 2 heterocycles. The zero-order valence-electron chi connectivity index (χ0n) is 14.5. The van der Waals surface area contributed by atoms with Gasteiger partial charge in [-0.1, -0.05) is 29.8 Å². The molecule has 0 aromatic heterocycles. The third-order valence-corrected chi connectivity index (χ3v) is 7.09. The first kappa shape index (κ1) is 18.3. The van der Waals surface area contributed by atoms with Gasteiger partial charge in [-0.15, -0.1) is 0 Å². The topological polar surface area (TPSA) is 66.9 Å². The first-order valence-corrected chi connectivity index (χ1v) is 10.6. The van der Waals surface area contributed by atoms with E-state index in [0.29, 0.717) is 24.5 Å². The molecule has 2 aromatic rings. The summed E-state index contributed by atoms with van der Waals surface area (Å²) >= 11 is 5.83. The average Bonchev–Trinajstić information content (AvgIpc) is 3.12. The number of piperazine rings is 1. The first-order chi connectivity index (χ1) is 12.9. The van der Waals surface area contributed by atoms with Crippen LogP contribution < -0.4 is 4.74 Å². The van der Waals surface area contributed by atoms with Gasteiger partial charge in [0.25, 0.3) is 5.91 Å². The number of benzene rings is 2. The number of amides is 1. The van der Waals surface area contributed by atoms with Crippen molar-refractivity contribution in [2.24, 2.45) is 0 Å². The summed E-state index contributed by atoms with van der Waals surface area (Å²) in [6.07, 6.45) is 0.0278. The van der Waals surface area contributed by atoms with Crippen LogP contribution in [0, 0.1) is 0 Å². The second-order valence-electron chi connectivity index (χ2n) is 6.60. The van der Waals surface area contributed by atoms with Crippen molar-refractivity contribution in [1.29, 1.82) is 0 Å². The smallest absolute Gasteiger partial charge is 0.264 e. The van der Waals surface area contributed by atoms with Crippen LogP contribution in [0.4, 0.5) is 0 Å². The molecule has 27 heavy (non-hydrogen) atoms. The molecule has 0 bridgehead atoms. The molecule has 4 rings (SSSR count). The van der Waals surface area contributed by atoms with Crippen LogP contribution in [0.1, 0.15) is 5.56 Å². The predicted molar refractivity (Wildman–Crippen MR) is 101 cm³/mol. The zero-order valence-corrected chi connectivity index (χ0v) is 16.1. The van der Waals surface area contributed by atoms with Gasteiger partial charge in [0, 0.05) is 37.6 Å². The Kier molecular flexibility index (Phi) is 4.84. The van der Waals surface area contributed by atoms with Crippen LogP contribution in [0.5, 0.6) is 5.75 Å². The number of carbonyl (C=O) groups excluding carboxylic acids is 1. The van der Waals surface area contributed by atoms with E-state index in [1.54, 1.807) is 17.0 Å². The van der Waals surface area contributed by atoms with Gasteiger partial charge in [-0.05, 0) is 35.9 Å². The third kappa shape index (κ3) is 3.54. The summed E-state index contributed by atoms with van der Waals surface area (Å²) in [6, 6.07) is 13.7. The molecule has 0 aliphatic carbocycles. The lowest BCUT2D eigenvalue weighted by molar-refractivity contribution is -0.139. The second-order valence-corrected chi connectivity index (χ2v) is 8.98. The Balaban J connectivity index is 1.39. The van der Waals surface area contributed by atoms with E-state index in [9.17, 15) is 13.2 Å². The van der Waals surface area contributed by atoms with Crippen LogP contribution in [0.3, 0.4) is 0 Å².